The van der Waals surface area contributed by atoms with E-state index < -0.39 is 0 Å². The Hall–Kier alpha value is -1.16. The highest BCUT2D eigenvalue weighted by Gasteiger charge is 2.52. The second-order valence-corrected chi connectivity index (χ2v) is 7.37. The van der Waals surface area contributed by atoms with E-state index >= 15 is 0 Å². The highest BCUT2D eigenvalue weighted by atomic mass is 79.9. The van der Waals surface area contributed by atoms with Crippen LogP contribution in [0, 0.1) is 11.3 Å². The lowest BCUT2D eigenvalue weighted by molar-refractivity contribution is -0.143. The summed E-state index contributed by atoms with van der Waals surface area (Å²) in [7, 11) is 0. The van der Waals surface area contributed by atoms with Gasteiger partial charge in [-0.25, -0.2) is 0 Å². The molecule has 112 valence electrons. The van der Waals surface area contributed by atoms with Gasteiger partial charge in [0.1, 0.15) is 0 Å². The minimum Gasteiger partial charge on any atom is -0.296 e. The standard InChI is InChI=1S/C17H20BrNO2/c1-11-5-2-3-8-17(11)10-14(20)19-16(21)15(17)12-6-4-7-13(18)9-12/h4,6-7,9,11,15H,2-3,5,8,10H2,1H3,(H,19,20,21). The summed E-state index contributed by atoms with van der Waals surface area (Å²) in [5.41, 5.74) is 0.807. The first-order valence-corrected chi connectivity index (χ1v) is 8.41. The highest BCUT2D eigenvalue weighted by Crippen LogP contribution is 2.54. The van der Waals surface area contributed by atoms with Crippen molar-refractivity contribution in [3.63, 3.8) is 0 Å². The summed E-state index contributed by atoms with van der Waals surface area (Å²) in [6.45, 7) is 2.20. The molecule has 1 spiro atoms. The Kier molecular flexibility index (Phi) is 3.91. The van der Waals surface area contributed by atoms with Crippen LogP contribution < -0.4 is 5.32 Å². The average molecular weight is 350 g/mol. The number of hydrogen-bond donors (Lipinski definition) is 1. The fraction of sp³-hybridized carbons (Fsp3) is 0.529. The van der Waals surface area contributed by atoms with Gasteiger partial charge in [0.25, 0.3) is 0 Å². The van der Waals surface area contributed by atoms with Gasteiger partial charge in [0.05, 0.1) is 5.92 Å². The molecule has 2 fully saturated rings. The fourth-order valence-electron chi connectivity index (χ4n) is 4.22. The maximum Gasteiger partial charge on any atom is 0.234 e. The first-order valence-electron chi connectivity index (χ1n) is 7.62. The number of carbonyl (C=O) groups is 2. The zero-order valence-corrected chi connectivity index (χ0v) is 13.8. The van der Waals surface area contributed by atoms with Crippen molar-refractivity contribution in [2.75, 3.05) is 0 Å². The van der Waals surface area contributed by atoms with Crippen LogP contribution in [0.2, 0.25) is 0 Å². The number of imide groups is 1. The monoisotopic (exact) mass is 349 g/mol. The predicted molar refractivity (Wildman–Crippen MR) is 84.7 cm³/mol. The first-order chi connectivity index (χ1) is 10.0. The van der Waals surface area contributed by atoms with Gasteiger partial charge >= 0.3 is 0 Å². The Morgan fingerprint density at radius 1 is 1.29 bits per heavy atom. The number of amides is 2. The molecule has 2 amide bonds. The summed E-state index contributed by atoms with van der Waals surface area (Å²) in [5.74, 6) is -0.0636. The Balaban J connectivity index is 2.08. The second-order valence-electron chi connectivity index (χ2n) is 6.46. The lowest BCUT2D eigenvalue weighted by atomic mass is 9.55. The molecule has 1 aromatic carbocycles. The van der Waals surface area contributed by atoms with Crippen LogP contribution in [0.1, 0.15) is 50.5 Å². The molecule has 1 saturated heterocycles. The van der Waals surface area contributed by atoms with E-state index in [9.17, 15) is 9.59 Å². The Labute approximate surface area is 133 Å². The van der Waals surface area contributed by atoms with Crippen molar-refractivity contribution in [3.05, 3.63) is 34.3 Å². The minimum atomic E-state index is -0.219. The van der Waals surface area contributed by atoms with Crippen LogP contribution in [0.4, 0.5) is 0 Å². The van der Waals surface area contributed by atoms with Crippen LogP contribution in [0.15, 0.2) is 28.7 Å². The molecule has 1 aliphatic heterocycles. The summed E-state index contributed by atoms with van der Waals surface area (Å²) < 4.78 is 0.975. The molecule has 3 unspecified atom stereocenters. The maximum atomic E-state index is 12.6. The van der Waals surface area contributed by atoms with E-state index in [1.54, 1.807) is 0 Å². The SMILES string of the molecule is CC1CCCCC12CC(=O)NC(=O)C2c1cccc(Br)c1. The molecule has 2 aliphatic rings. The van der Waals surface area contributed by atoms with Crippen LogP contribution >= 0.6 is 15.9 Å². The van der Waals surface area contributed by atoms with Crippen molar-refractivity contribution >= 4 is 27.7 Å². The Bertz CT molecular complexity index is 586. The van der Waals surface area contributed by atoms with Crippen LogP contribution in [-0.4, -0.2) is 11.8 Å². The summed E-state index contributed by atoms with van der Waals surface area (Å²) in [6, 6.07) is 7.95. The topological polar surface area (TPSA) is 46.2 Å². The summed E-state index contributed by atoms with van der Waals surface area (Å²) in [6.07, 6.45) is 4.84. The summed E-state index contributed by atoms with van der Waals surface area (Å²) in [5, 5.41) is 2.55. The molecule has 1 aliphatic carbocycles. The van der Waals surface area contributed by atoms with E-state index in [1.165, 1.54) is 6.42 Å². The lowest BCUT2D eigenvalue weighted by Gasteiger charge is -2.49. The Morgan fingerprint density at radius 2 is 2.10 bits per heavy atom. The van der Waals surface area contributed by atoms with E-state index in [-0.39, 0.29) is 23.1 Å². The third-order valence-electron chi connectivity index (χ3n) is 5.28. The van der Waals surface area contributed by atoms with Gasteiger partial charge in [0.2, 0.25) is 11.8 Å². The lowest BCUT2D eigenvalue weighted by Crippen LogP contribution is -2.54. The molecule has 4 heteroatoms. The van der Waals surface area contributed by atoms with Gasteiger partial charge in [0, 0.05) is 10.9 Å². The van der Waals surface area contributed by atoms with Crippen LogP contribution in [0.5, 0.6) is 0 Å². The summed E-state index contributed by atoms with van der Waals surface area (Å²) >= 11 is 3.49. The number of carbonyl (C=O) groups excluding carboxylic acids is 2. The molecule has 1 aromatic rings. The van der Waals surface area contributed by atoms with E-state index in [0.29, 0.717) is 12.3 Å². The number of benzene rings is 1. The maximum absolute atomic E-state index is 12.6. The van der Waals surface area contributed by atoms with Gasteiger partial charge in [-0.05, 0) is 35.4 Å². The molecule has 0 bridgehead atoms. The highest BCUT2D eigenvalue weighted by molar-refractivity contribution is 9.10. The molecule has 0 radical (unpaired) electrons. The normalized spacial score (nSPS) is 33.0. The van der Waals surface area contributed by atoms with Crippen LogP contribution in [-0.2, 0) is 9.59 Å². The molecule has 3 atom stereocenters. The van der Waals surface area contributed by atoms with Gasteiger partial charge in [-0.15, -0.1) is 0 Å². The zero-order valence-electron chi connectivity index (χ0n) is 12.2. The number of piperidine rings is 1. The van der Waals surface area contributed by atoms with Gasteiger partial charge in [-0.2, -0.15) is 0 Å². The van der Waals surface area contributed by atoms with Crippen molar-refractivity contribution in [2.45, 2.75) is 44.9 Å². The van der Waals surface area contributed by atoms with Gasteiger partial charge in [-0.3, -0.25) is 14.9 Å². The summed E-state index contributed by atoms with van der Waals surface area (Å²) in [4.78, 5) is 24.6. The largest absolute Gasteiger partial charge is 0.296 e. The van der Waals surface area contributed by atoms with Crippen molar-refractivity contribution in [2.24, 2.45) is 11.3 Å². The number of halogens is 1. The van der Waals surface area contributed by atoms with Gasteiger partial charge in [-0.1, -0.05) is 54.2 Å². The van der Waals surface area contributed by atoms with Crippen molar-refractivity contribution in [3.8, 4) is 0 Å². The zero-order chi connectivity index (χ0) is 15.0. The van der Waals surface area contributed by atoms with E-state index in [0.717, 1.165) is 29.3 Å². The van der Waals surface area contributed by atoms with Crippen molar-refractivity contribution in [1.82, 2.24) is 5.32 Å². The first kappa shape index (κ1) is 14.8. The van der Waals surface area contributed by atoms with E-state index in [1.807, 2.05) is 24.3 Å². The molecular formula is C17H20BrNO2. The predicted octanol–water partition coefficient (Wildman–Crippen LogP) is 3.78. The second kappa shape index (κ2) is 5.56. The number of nitrogens with one attached hydrogen (secondary N) is 1. The minimum absolute atomic E-state index is 0.111. The molecule has 0 aromatic heterocycles. The fourth-order valence-corrected chi connectivity index (χ4v) is 4.63. The van der Waals surface area contributed by atoms with E-state index in [4.69, 9.17) is 0 Å². The third-order valence-corrected chi connectivity index (χ3v) is 5.78. The molecular weight excluding hydrogens is 330 g/mol. The molecule has 1 saturated carbocycles. The molecule has 3 nitrogen and oxygen atoms in total. The smallest absolute Gasteiger partial charge is 0.234 e. The van der Waals surface area contributed by atoms with Crippen LogP contribution in [0.3, 0.4) is 0 Å². The number of hydrogen-bond acceptors (Lipinski definition) is 2. The van der Waals surface area contributed by atoms with Crippen LogP contribution in [0.25, 0.3) is 0 Å². The van der Waals surface area contributed by atoms with Crippen molar-refractivity contribution < 1.29 is 9.59 Å². The van der Waals surface area contributed by atoms with Gasteiger partial charge in [0.15, 0.2) is 0 Å². The third kappa shape index (κ3) is 2.54. The molecule has 1 heterocycles. The van der Waals surface area contributed by atoms with Crippen molar-refractivity contribution in [1.29, 1.82) is 0 Å². The van der Waals surface area contributed by atoms with E-state index in [2.05, 4.69) is 28.2 Å². The quantitative estimate of drug-likeness (QED) is 0.784. The van der Waals surface area contributed by atoms with Gasteiger partial charge < -0.3 is 0 Å². The molecule has 1 N–H and O–H groups in total. The Morgan fingerprint density at radius 3 is 2.81 bits per heavy atom. The molecule has 3 rings (SSSR count). The average Bonchev–Trinajstić information content (AvgIpc) is 2.41. The number of rotatable bonds is 1. The molecule has 21 heavy (non-hydrogen) atoms.